The smallest absolute Gasteiger partial charge is 0.224 e. The van der Waals surface area contributed by atoms with E-state index < -0.39 is 0 Å². The van der Waals surface area contributed by atoms with E-state index in [1.807, 2.05) is 54.6 Å². The Labute approximate surface area is 168 Å². The van der Waals surface area contributed by atoms with Crippen molar-refractivity contribution in [3.05, 3.63) is 82.8 Å². The first-order valence-corrected chi connectivity index (χ1v) is 9.41. The molecule has 0 aliphatic heterocycles. The molecular weight excluding hydrogens is 381 g/mol. The van der Waals surface area contributed by atoms with Crippen LogP contribution < -0.4 is 10.1 Å². The summed E-state index contributed by atoms with van der Waals surface area (Å²) in [5.41, 5.74) is 2.86. The molecule has 0 saturated carbocycles. The molecule has 0 bridgehead atoms. The minimum atomic E-state index is -0.0517. The zero-order valence-corrected chi connectivity index (χ0v) is 16.1. The maximum absolute atomic E-state index is 12.3. The second-order valence-electron chi connectivity index (χ2n) is 5.99. The molecule has 1 amide bonds. The lowest BCUT2D eigenvalue weighted by Crippen LogP contribution is -2.13. The molecule has 27 heavy (non-hydrogen) atoms. The number of benzene rings is 3. The van der Waals surface area contributed by atoms with E-state index in [1.165, 1.54) is 0 Å². The molecule has 0 unspecified atom stereocenters. The largest absolute Gasteiger partial charge is 0.492 e. The van der Waals surface area contributed by atoms with Gasteiger partial charge in [-0.3, -0.25) is 4.79 Å². The molecule has 0 aromatic heterocycles. The maximum atomic E-state index is 12.3. The normalized spacial score (nSPS) is 10.4. The van der Waals surface area contributed by atoms with Crippen molar-refractivity contribution in [2.24, 2.45) is 0 Å². The lowest BCUT2D eigenvalue weighted by molar-refractivity contribution is -0.116. The zero-order chi connectivity index (χ0) is 19.1. The number of anilines is 1. The Hall–Kier alpha value is -2.49. The quantitative estimate of drug-likeness (QED) is 0.463. The Morgan fingerprint density at radius 1 is 0.926 bits per heavy atom. The molecule has 3 aromatic carbocycles. The Morgan fingerprint density at radius 2 is 1.67 bits per heavy atom. The Kier molecular flexibility index (Phi) is 6.74. The fourth-order valence-electron chi connectivity index (χ4n) is 2.68. The van der Waals surface area contributed by atoms with E-state index in [2.05, 4.69) is 5.32 Å². The van der Waals surface area contributed by atoms with Crippen molar-refractivity contribution in [3.63, 3.8) is 0 Å². The van der Waals surface area contributed by atoms with Crippen LogP contribution in [0.3, 0.4) is 0 Å². The topological polar surface area (TPSA) is 38.3 Å². The average Bonchev–Trinajstić information content (AvgIpc) is 2.68. The third kappa shape index (κ3) is 5.49. The van der Waals surface area contributed by atoms with Crippen molar-refractivity contribution in [3.8, 4) is 16.9 Å². The molecule has 0 atom stereocenters. The van der Waals surface area contributed by atoms with Crippen molar-refractivity contribution in [1.82, 2.24) is 0 Å². The van der Waals surface area contributed by atoms with Gasteiger partial charge in [0.25, 0.3) is 0 Å². The minimum Gasteiger partial charge on any atom is -0.492 e. The standard InChI is InChI=1S/C22H19Cl2NO2/c23-17-12-13-21(19(24)15-17)27-14-6-11-22(26)25-20-10-5-4-9-18(20)16-7-2-1-3-8-16/h1-5,7-10,12-13,15H,6,11,14H2,(H,25,26). The molecular formula is C22H19Cl2NO2. The van der Waals surface area contributed by atoms with Gasteiger partial charge in [-0.15, -0.1) is 0 Å². The highest BCUT2D eigenvalue weighted by atomic mass is 35.5. The monoisotopic (exact) mass is 399 g/mol. The molecule has 3 aromatic rings. The minimum absolute atomic E-state index is 0.0517. The number of carbonyl (C=O) groups excluding carboxylic acids is 1. The fraction of sp³-hybridized carbons (Fsp3) is 0.136. The van der Waals surface area contributed by atoms with Crippen LogP contribution in [0.1, 0.15) is 12.8 Å². The number of ether oxygens (including phenoxy) is 1. The lowest BCUT2D eigenvalue weighted by Gasteiger charge is -2.12. The summed E-state index contributed by atoms with van der Waals surface area (Å²) in [5.74, 6) is 0.514. The molecule has 0 heterocycles. The summed E-state index contributed by atoms with van der Waals surface area (Å²) in [5, 5.41) is 4.01. The Bertz CT molecular complexity index is 913. The third-order valence-corrected chi connectivity index (χ3v) is 4.52. The molecule has 0 radical (unpaired) electrons. The van der Waals surface area contributed by atoms with E-state index >= 15 is 0 Å². The van der Waals surface area contributed by atoms with Gasteiger partial charge < -0.3 is 10.1 Å². The van der Waals surface area contributed by atoms with Gasteiger partial charge in [0.1, 0.15) is 5.75 Å². The summed E-state index contributed by atoms with van der Waals surface area (Å²) in [6.07, 6.45) is 0.937. The van der Waals surface area contributed by atoms with Gasteiger partial charge >= 0.3 is 0 Å². The van der Waals surface area contributed by atoms with E-state index in [0.717, 1.165) is 16.8 Å². The highest BCUT2D eigenvalue weighted by molar-refractivity contribution is 6.35. The van der Waals surface area contributed by atoms with Crippen molar-refractivity contribution in [2.45, 2.75) is 12.8 Å². The van der Waals surface area contributed by atoms with Crippen LogP contribution in [0.2, 0.25) is 10.0 Å². The first-order chi connectivity index (χ1) is 13.1. The number of nitrogens with one attached hydrogen (secondary N) is 1. The van der Waals surface area contributed by atoms with Crippen LogP contribution in [0.25, 0.3) is 11.1 Å². The average molecular weight is 400 g/mol. The molecule has 138 valence electrons. The van der Waals surface area contributed by atoms with Crippen LogP contribution in [0.15, 0.2) is 72.8 Å². The van der Waals surface area contributed by atoms with E-state index in [1.54, 1.807) is 18.2 Å². The number of carbonyl (C=O) groups is 1. The van der Waals surface area contributed by atoms with Crippen LogP contribution in [0.5, 0.6) is 5.75 Å². The van der Waals surface area contributed by atoms with Crippen LogP contribution in [-0.4, -0.2) is 12.5 Å². The first-order valence-electron chi connectivity index (χ1n) is 8.65. The number of para-hydroxylation sites is 1. The van der Waals surface area contributed by atoms with Gasteiger partial charge in [0, 0.05) is 22.7 Å². The second-order valence-corrected chi connectivity index (χ2v) is 6.83. The predicted molar refractivity (Wildman–Crippen MR) is 112 cm³/mol. The summed E-state index contributed by atoms with van der Waals surface area (Å²) in [6.45, 7) is 0.398. The third-order valence-electron chi connectivity index (χ3n) is 3.99. The highest BCUT2D eigenvalue weighted by Crippen LogP contribution is 2.28. The second kappa shape index (κ2) is 9.45. The maximum Gasteiger partial charge on any atom is 0.224 e. The molecule has 5 heteroatoms. The van der Waals surface area contributed by atoms with E-state index in [9.17, 15) is 4.79 Å². The van der Waals surface area contributed by atoms with Crippen molar-refractivity contribution in [2.75, 3.05) is 11.9 Å². The number of rotatable bonds is 7. The van der Waals surface area contributed by atoms with Gasteiger partial charge in [0.05, 0.1) is 11.6 Å². The van der Waals surface area contributed by atoms with Gasteiger partial charge in [0.2, 0.25) is 5.91 Å². The number of hydrogen-bond acceptors (Lipinski definition) is 2. The molecule has 0 saturated heterocycles. The van der Waals surface area contributed by atoms with Gasteiger partial charge in [0.15, 0.2) is 0 Å². The van der Waals surface area contributed by atoms with Crippen LogP contribution in [-0.2, 0) is 4.79 Å². The van der Waals surface area contributed by atoms with Crippen LogP contribution >= 0.6 is 23.2 Å². The Morgan fingerprint density at radius 3 is 2.44 bits per heavy atom. The fourth-order valence-corrected chi connectivity index (χ4v) is 3.14. The number of hydrogen-bond donors (Lipinski definition) is 1. The van der Waals surface area contributed by atoms with Crippen molar-refractivity contribution in [1.29, 1.82) is 0 Å². The van der Waals surface area contributed by atoms with Gasteiger partial charge in [-0.05, 0) is 36.2 Å². The van der Waals surface area contributed by atoms with Crippen LogP contribution in [0, 0.1) is 0 Å². The van der Waals surface area contributed by atoms with Gasteiger partial charge in [-0.2, -0.15) is 0 Å². The molecule has 3 rings (SSSR count). The first kappa shape index (κ1) is 19.3. The zero-order valence-electron chi connectivity index (χ0n) is 14.6. The summed E-state index contributed by atoms with van der Waals surface area (Å²) >= 11 is 11.9. The van der Waals surface area contributed by atoms with Gasteiger partial charge in [-0.25, -0.2) is 0 Å². The SMILES string of the molecule is O=C(CCCOc1ccc(Cl)cc1Cl)Nc1ccccc1-c1ccccc1. The van der Waals surface area contributed by atoms with Gasteiger partial charge in [-0.1, -0.05) is 71.7 Å². The molecule has 0 fully saturated rings. The molecule has 0 aliphatic carbocycles. The molecule has 0 spiro atoms. The summed E-state index contributed by atoms with van der Waals surface area (Å²) in [6, 6.07) is 22.8. The molecule has 1 N–H and O–H groups in total. The number of amides is 1. The van der Waals surface area contributed by atoms with E-state index in [0.29, 0.717) is 35.2 Å². The summed E-state index contributed by atoms with van der Waals surface area (Å²) in [4.78, 5) is 12.3. The van der Waals surface area contributed by atoms with Crippen molar-refractivity contribution < 1.29 is 9.53 Å². The summed E-state index contributed by atoms with van der Waals surface area (Å²) in [7, 11) is 0. The molecule has 0 aliphatic rings. The number of halogens is 2. The van der Waals surface area contributed by atoms with Crippen molar-refractivity contribution >= 4 is 34.8 Å². The van der Waals surface area contributed by atoms with E-state index in [4.69, 9.17) is 27.9 Å². The molecule has 3 nitrogen and oxygen atoms in total. The van der Waals surface area contributed by atoms with Crippen LogP contribution in [0.4, 0.5) is 5.69 Å². The lowest BCUT2D eigenvalue weighted by atomic mass is 10.0. The summed E-state index contributed by atoms with van der Waals surface area (Å²) < 4.78 is 5.61. The highest BCUT2D eigenvalue weighted by Gasteiger charge is 2.08. The van der Waals surface area contributed by atoms with E-state index in [-0.39, 0.29) is 5.91 Å². The predicted octanol–water partition coefficient (Wildman–Crippen LogP) is 6.46. The Balaban J connectivity index is 1.53.